The Balaban J connectivity index is 1.36. The molecule has 4 rings (SSSR count). The predicted molar refractivity (Wildman–Crippen MR) is 90.7 cm³/mol. The summed E-state index contributed by atoms with van der Waals surface area (Å²) >= 11 is 5.49. The number of carbonyl (C=O) groups is 1. The summed E-state index contributed by atoms with van der Waals surface area (Å²) in [5.41, 5.74) is 0.280. The zero-order valence-corrected chi connectivity index (χ0v) is 14.1. The average molecular weight is 324 g/mol. The number of carboxylic acid groups (broad SMARTS) is 1. The number of nitrogens with one attached hydrogen (secondary N) is 2. The number of unbranched alkanes of at least 4 members (excludes halogenated alkanes) is 2. The van der Waals surface area contributed by atoms with Gasteiger partial charge in [0.05, 0.1) is 0 Å². The van der Waals surface area contributed by atoms with Crippen molar-refractivity contribution >= 4 is 23.3 Å². The zero-order valence-electron chi connectivity index (χ0n) is 13.3. The summed E-state index contributed by atoms with van der Waals surface area (Å²) in [6.07, 6.45) is 11.2. The minimum Gasteiger partial charge on any atom is -0.481 e. The molecular formula is C17H28N2O2S. The second-order valence-electron chi connectivity index (χ2n) is 7.78. The molecule has 4 bridgehead atoms. The summed E-state index contributed by atoms with van der Waals surface area (Å²) in [5.74, 6) is 2.08. The van der Waals surface area contributed by atoms with Gasteiger partial charge in [0.15, 0.2) is 5.11 Å². The van der Waals surface area contributed by atoms with Crippen LogP contribution in [-0.2, 0) is 4.79 Å². The Morgan fingerprint density at radius 1 is 1.05 bits per heavy atom. The lowest BCUT2D eigenvalue weighted by Crippen LogP contribution is -2.61. The fourth-order valence-electron chi connectivity index (χ4n) is 5.33. The van der Waals surface area contributed by atoms with Gasteiger partial charge in [0.2, 0.25) is 0 Å². The van der Waals surface area contributed by atoms with E-state index in [1.54, 1.807) is 0 Å². The first-order chi connectivity index (χ1) is 10.5. The van der Waals surface area contributed by atoms with Gasteiger partial charge in [-0.05, 0) is 81.3 Å². The molecule has 0 unspecified atom stereocenters. The van der Waals surface area contributed by atoms with Crippen molar-refractivity contribution < 1.29 is 9.90 Å². The number of aliphatic carboxylic acids is 1. The fraction of sp³-hybridized carbons (Fsp3) is 0.882. The summed E-state index contributed by atoms with van der Waals surface area (Å²) < 4.78 is 0. The van der Waals surface area contributed by atoms with Crippen LogP contribution in [0.1, 0.15) is 64.2 Å². The Kier molecular flexibility index (Phi) is 4.91. The van der Waals surface area contributed by atoms with Crippen LogP contribution in [0.3, 0.4) is 0 Å². The van der Waals surface area contributed by atoms with E-state index in [-0.39, 0.29) is 12.0 Å². The van der Waals surface area contributed by atoms with Crippen LogP contribution in [0.5, 0.6) is 0 Å². The molecule has 0 aromatic carbocycles. The normalized spacial score (nSPS) is 35.4. The van der Waals surface area contributed by atoms with Gasteiger partial charge in [0, 0.05) is 18.5 Å². The van der Waals surface area contributed by atoms with E-state index in [9.17, 15) is 4.79 Å². The third-order valence-corrected chi connectivity index (χ3v) is 6.02. The molecule has 4 aliphatic rings. The van der Waals surface area contributed by atoms with Gasteiger partial charge in [-0.25, -0.2) is 0 Å². The van der Waals surface area contributed by atoms with Gasteiger partial charge >= 0.3 is 5.97 Å². The highest BCUT2D eigenvalue weighted by molar-refractivity contribution is 7.80. The highest BCUT2D eigenvalue weighted by atomic mass is 32.1. The minimum absolute atomic E-state index is 0.274. The molecule has 0 amide bonds. The lowest BCUT2D eigenvalue weighted by atomic mass is 9.53. The number of hydrogen-bond donors (Lipinski definition) is 3. The summed E-state index contributed by atoms with van der Waals surface area (Å²) in [7, 11) is 0. The highest BCUT2D eigenvalue weighted by Crippen LogP contribution is 2.55. The van der Waals surface area contributed by atoms with Gasteiger partial charge in [0.1, 0.15) is 0 Å². The summed E-state index contributed by atoms with van der Waals surface area (Å²) in [6.45, 7) is 0.845. The van der Waals surface area contributed by atoms with E-state index in [4.69, 9.17) is 17.3 Å². The van der Waals surface area contributed by atoms with Crippen molar-refractivity contribution in [2.45, 2.75) is 69.7 Å². The molecule has 5 heteroatoms. The third kappa shape index (κ3) is 3.92. The Bertz CT molecular complexity index is 403. The van der Waals surface area contributed by atoms with E-state index >= 15 is 0 Å². The van der Waals surface area contributed by atoms with Crippen LogP contribution < -0.4 is 10.6 Å². The molecule has 0 spiro atoms. The van der Waals surface area contributed by atoms with E-state index in [1.165, 1.54) is 38.5 Å². The molecular weight excluding hydrogens is 296 g/mol. The standard InChI is InChI=1S/C17H28N2O2S/c20-15(21)4-2-1-3-5-18-16(22)19-17-9-12-6-13(10-17)8-14(7-12)11-17/h12-14H,1-11H2,(H,20,21)(H2,18,19,22). The van der Waals surface area contributed by atoms with Gasteiger partial charge < -0.3 is 15.7 Å². The maximum atomic E-state index is 10.4. The van der Waals surface area contributed by atoms with Crippen molar-refractivity contribution in [3.05, 3.63) is 0 Å². The van der Waals surface area contributed by atoms with E-state index in [0.717, 1.165) is 48.7 Å². The molecule has 124 valence electrons. The molecule has 0 atom stereocenters. The topological polar surface area (TPSA) is 61.4 Å². The van der Waals surface area contributed by atoms with Crippen LogP contribution in [0.25, 0.3) is 0 Å². The third-order valence-electron chi connectivity index (χ3n) is 5.77. The number of rotatable bonds is 7. The summed E-state index contributed by atoms with van der Waals surface area (Å²) in [5, 5.41) is 16.4. The van der Waals surface area contributed by atoms with Crippen molar-refractivity contribution in [2.75, 3.05) is 6.54 Å². The van der Waals surface area contributed by atoms with Gasteiger partial charge in [-0.2, -0.15) is 0 Å². The molecule has 3 N–H and O–H groups in total. The molecule has 0 heterocycles. The molecule has 4 nitrogen and oxygen atoms in total. The van der Waals surface area contributed by atoms with E-state index in [1.807, 2.05) is 0 Å². The SMILES string of the molecule is O=C(O)CCCCCNC(=S)NC12CC3CC(CC(C3)C1)C2. The van der Waals surface area contributed by atoms with Gasteiger partial charge in [-0.1, -0.05) is 6.42 Å². The van der Waals surface area contributed by atoms with E-state index in [0.29, 0.717) is 0 Å². The van der Waals surface area contributed by atoms with Crippen LogP contribution in [0, 0.1) is 17.8 Å². The first-order valence-electron chi connectivity index (χ1n) is 8.82. The monoisotopic (exact) mass is 324 g/mol. The molecule has 4 fully saturated rings. The zero-order chi connectivity index (χ0) is 15.6. The molecule has 0 aromatic heterocycles. The quantitative estimate of drug-likeness (QED) is 0.496. The van der Waals surface area contributed by atoms with Gasteiger partial charge in [-0.15, -0.1) is 0 Å². The summed E-state index contributed by atoms with van der Waals surface area (Å²) in [6, 6.07) is 0. The molecule has 0 aromatic rings. The Morgan fingerprint density at radius 3 is 2.18 bits per heavy atom. The fourth-order valence-corrected chi connectivity index (χ4v) is 5.65. The van der Waals surface area contributed by atoms with Crippen LogP contribution in [0.4, 0.5) is 0 Å². The Hall–Kier alpha value is -0.840. The molecule has 0 saturated heterocycles. The Labute approximate surface area is 138 Å². The smallest absolute Gasteiger partial charge is 0.303 e. The molecule has 4 aliphatic carbocycles. The van der Waals surface area contributed by atoms with Crippen LogP contribution in [0.15, 0.2) is 0 Å². The van der Waals surface area contributed by atoms with Crippen molar-refractivity contribution in [1.29, 1.82) is 0 Å². The number of hydrogen-bond acceptors (Lipinski definition) is 2. The first-order valence-corrected chi connectivity index (χ1v) is 9.23. The lowest BCUT2D eigenvalue weighted by molar-refractivity contribution is -0.137. The minimum atomic E-state index is -0.702. The molecule has 4 saturated carbocycles. The highest BCUT2D eigenvalue weighted by Gasteiger charge is 2.51. The molecule has 0 radical (unpaired) electrons. The summed E-state index contributed by atoms with van der Waals surface area (Å²) in [4.78, 5) is 10.4. The maximum Gasteiger partial charge on any atom is 0.303 e. The van der Waals surface area contributed by atoms with Gasteiger partial charge in [0.25, 0.3) is 0 Å². The second kappa shape index (κ2) is 6.73. The first kappa shape index (κ1) is 16.0. The van der Waals surface area contributed by atoms with Gasteiger partial charge in [-0.3, -0.25) is 4.79 Å². The lowest BCUT2D eigenvalue weighted by Gasteiger charge is -2.57. The van der Waals surface area contributed by atoms with Crippen LogP contribution in [-0.4, -0.2) is 28.3 Å². The van der Waals surface area contributed by atoms with Crippen LogP contribution in [0.2, 0.25) is 0 Å². The van der Waals surface area contributed by atoms with Crippen molar-refractivity contribution in [1.82, 2.24) is 10.6 Å². The van der Waals surface area contributed by atoms with Crippen molar-refractivity contribution in [3.63, 3.8) is 0 Å². The Morgan fingerprint density at radius 2 is 1.64 bits per heavy atom. The van der Waals surface area contributed by atoms with E-state index in [2.05, 4.69) is 10.6 Å². The van der Waals surface area contributed by atoms with Crippen molar-refractivity contribution in [3.8, 4) is 0 Å². The molecule has 0 aliphatic heterocycles. The molecule has 22 heavy (non-hydrogen) atoms. The van der Waals surface area contributed by atoms with E-state index < -0.39 is 5.97 Å². The predicted octanol–water partition coefficient (Wildman–Crippen LogP) is 3.06. The number of carboxylic acids is 1. The second-order valence-corrected chi connectivity index (χ2v) is 8.19. The largest absolute Gasteiger partial charge is 0.481 e. The maximum absolute atomic E-state index is 10.4. The average Bonchev–Trinajstić information content (AvgIpc) is 2.40. The number of thiocarbonyl (C=S) groups is 1. The van der Waals surface area contributed by atoms with Crippen molar-refractivity contribution in [2.24, 2.45) is 17.8 Å². The van der Waals surface area contributed by atoms with Crippen LogP contribution >= 0.6 is 12.2 Å².